The summed E-state index contributed by atoms with van der Waals surface area (Å²) in [5.74, 6) is -7.52. The quantitative estimate of drug-likeness (QED) is 0.122. The topological polar surface area (TPSA) is 214 Å². The van der Waals surface area contributed by atoms with Gasteiger partial charge in [0.05, 0.1) is 59.1 Å². The first-order valence-electron chi connectivity index (χ1n) is 21.0. The van der Waals surface area contributed by atoms with Crippen LogP contribution in [0.4, 0.5) is 5.69 Å². The van der Waals surface area contributed by atoms with Gasteiger partial charge in [-0.2, -0.15) is 5.10 Å². The first-order valence-corrected chi connectivity index (χ1v) is 21.0. The summed E-state index contributed by atoms with van der Waals surface area (Å²) in [5.41, 5.74) is -0.233. The number of aliphatic hydroxyl groups is 3. The number of phenols is 3. The third-order valence-electron chi connectivity index (χ3n) is 13.3. The van der Waals surface area contributed by atoms with Gasteiger partial charge < -0.3 is 50.2 Å². The molecule has 9 atom stereocenters. The van der Waals surface area contributed by atoms with Gasteiger partial charge in [0, 0.05) is 86.4 Å². The van der Waals surface area contributed by atoms with Gasteiger partial charge in [0.15, 0.2) is 5.75 Å². The first-order chi connectivity index (χ1) is 28.4. The molecule has 0 spiro atoms. The number of nitrogens with one attached hydrogen (secondary N) is 1. The number of hydrazone groups is 1. The highest BCUT2D eigenvalue weighted by Gasteiger charge is 2.50. The van der Waals surface area contributed by atoms with Crippen molar-refractivity contribution < 1.29 is 54.4 Å². The second kappa shape index (κ2) is 18.1. The number of methoxy groups -OCH3 is 1. The highest BCUT2D eigenvalue weighted by Crippen LogP contribution is 2.55. The van der Waals surface area contributed by atoms with Crippen molar-refractivity contribution in [2.24, 2.45) is 28.8 Å². The Morgan fingerprint density at radius 2 is 1.50 bits per heavy atom. The Bertz CT molecular complexity index is 2070. The monoisotopic (exact) mass is 834 g/mol. The van der Waals surface area contributed by atoms with Crippen LogP contribution >= 0.6 is 0 Å². The highest BCUT2D eigenvalue weighted by atomic mass is 16.7. The number of hydrogen-bond donors (Lipinski definition) is 7. The Hall–Kier alpha value is -4.67. The molecule has 1 amide bonds. The molecule has 60 heavy (non-hydrogen) atoms. The van der Waals surface area contributed by atoms with Crippen LogP contribution in [0.25, 0.3) is 10.8 Å². The van der Waals surface area contributed by atoms with Crippen LogP contribution in [0.1, 0.15) is 88.7 Å². The van der Waals surface area contributed by atoms with E-state index in [1.165, 1.54) is 71.3 Å². The third-order valence-corrected chi connectivity index (χ3v) is 13.3. The molecule has 15 heteroatoms. The van der Waals surface area contributed by atoms with Crippen LogP contribution in [-0.4, -0.2) is 128 Å². The smallest absolute Gasteiger partial charge is 0.312 e. The molecule has 2 aromatic carbocycles. The second-order valence-electron chi connectivity index (χ2n) is 17.2. The summed E-state index contributed by atoms with van der Waals surface area (Å²) in [6.07, 6.45) is 9.71. The molecular weight excluding hydrogens is 773 g/mol. The summed E-state index contributed by atoms with van der Waals surface area (Å²) >= 11 is 0. The predicted octanol–water partition coefficient (Wildman–Crippen LogP) is 5.08. The lowest BCUT2D eigenvalue weighted by molar-refractivity contribution is -0.112. The lowest BCUT2D eigenvalue weighted by Gasteiger charge is -2.36. The number of anilines is 1. The summed E-state index contributed by atoms with van der Waals surface area (Å²) < 4.78 is 17.8. The van der Waals surface area contributed by atoms with Crippen LogP contribution in [0.2, 0.25) is 0 Å². The number of ketones is 1. The number of piperazine rings is 1. The third kappa shape index (κ3) is 8.47. The molecule has 0 aromatic heterocycles. The minimum Gasteiger partial charge on any atom is -0.507 e. The molecule has 15 nitrogen and oxygen atoms in total. The number of phenolic OH excluding ortho intramolecular Hbond substituents is 3. The number of carbonyl (C=O) groups excluding carboxylic acids is 2. The summed E-state index contributed by atoms with van der Waals surface area (Å²) in [5, 5.41) is 78.4. The molecule has 7 rings (SSSR count). The van der Waals surface area contributed by atoms with Crippen molar-refractivity contribution >= 4 is 34.4 Å². The van der Waals surface area contributed by atoms with Gasteiger partial charge in [0.25, 0.3) is 11.7 Å². The average molecular weight is 835 g/mol. The van der Waals surface area contributed by atoms with Crippen LogP contribution in [-0.2, 0) is 14.3 Å². The molecule has 1 unspecified atom stereocenters. The number of rotatable bonds is 4. The number of fused-ring (bicyclic) bond motifs is 14. The molecule has 4 heterocycles. The molecule has 328 valence electrons. The summed E-state index contributed by atoms with van der Waals surface area (Å²) in [6.45, 7) is 14.1. The number of benzene rings is 2. The van der Waals surface area contributed by atoms with Crippen molar-refractivity contribution in [2.45, 2.75) is 110 Å². The van der Waals surface area contributed by atoms with Crippen LogP contribution in [0, 0.1) is 30.6 Å². The normalized spacial score (nSPS) is 33.5. The summed E-state index contributed by atoms with van der Waals surface area (Å²) in [7, 11) is 1.45. The van der Waals surface area contributed by atoms with Gasteiger partial charge in [-0.05, 0) is 32.8 Å². The van der Waals surface area contributed by atoms with Gasteiger partial charge in [-0.15, -0.1) is 0 Å². The van der Waals surface area contributed by atoms with Gasteiger partial charge in [-0.25, -0.2) is 0 Å². The maximum absolute atomic E-state index is 14.4. The molecule has 7 N–H and O–H groups in total. The van der Waals surface area contributed by atoms with Gasteiger partial charge in [0.1, 0.15) is 17.2 Å². The Labute approximate surface area is 351 Å². The van der Waals surface area contributed by atoms with Crippen LogP contribution in [0.3, 0.4) is 0 Å². The van der Waals surface area contributed by atoms with Gasteiger partial charge in [-0.3, -0.25) is 19.5 Å². The SMILES string of the molecule is CO[C@H]1/C=C/OC2(C)Oc3c(C)c(O)c4c(O)c(c(/C=N/N5CCN(C6CCCC6)CC5)c(O)c4c3C2=O)NC(=O)/C(C)=C\C=C\[C@H](C)[C@H](O)[C@@H](C)[C@@H](O)[C@@H](C)[C@H](O)[C@@H]1C. The van der Waals surface area contributed by atoms with Crippen LogP contribution in [0.5, 0.6) is 23.0 Å². The predicted molar refractivity (Wildman–Crippen MR) is 227 cm³/mol. The number of carbonyl (C=O) groups is 2. The number of ether oxygens (including phenoxy) is 3. The largest absolute Gasteiger partial charge is 0.507 e. The molecule has 1 saturated carbocycles. The van der Waals surface area contributed by atoms with E-state index in [1.807, 2.05) is 5.01 Å². The molecule has 1 saturated heterocycles. The zero-order valence-corrected chi connectivity index (χ0v) is 35.9. The van der Waals surface area contributed by atoms with Crippen LogP contribution < -0.4 is 10.1 Å². The minimum atomic E-state index is -2.01. The number of amides is 1. The van der Waals surface area contributed by atoms with Gasteiger partial charge in [-0.1, -0.05) is 58.8 Å². The standard InChI is InChI=1S/C45H62N4O11/c1-23-12-11-13-24(2)44(57)47-35-30(22-46-49-19-17-48(18-20-49)29-14-9-10-15-29)40(54)32-33(41(35)55)39(53)28(6)42-34(32)43(56)45(7,60-42)59-21-16-31(58-8)25(3)37(51)27(5)38(52)26(4)36(23)50/h11-13,16,21-23,25-27,29,31,36-38,50-55H,9-10,14-15,17-20H2,1-8H3,(H,47,57)/b12-11+,21-16+,24-13-,46-22+/t23-,25+,26+,27-,31-,36-,37+,38+,45?/m0/s1. The Morgan fingerprint density at radius 3 is 2.15 bits per heavy atom. The fourth-order valence-corrected chi connectivity index (χ4v) is 9.08. The Kier molecular flexibility index (Phi) is 13.6. The number of aliphatic hydroxyl groups excluding tert-OH is 3. The number of allylic oxidation sites excluding steroid dienone is 2. The minimum absolute atomic E-state index is 0.0742. The molecule has 4 aliphatic heterocycles. The molecule has 1 aliphatic carbocycles. The summed E-state index contributed by atoms with van der Waals surface area (Å²) in [4.78, 5) is 30.7. The Balaban J connectivity index is 1.46. The van der Waals surface area contributed by atoms with E-state index in [-0.39, 0.29) is 44.5 Å². The number of hydrogen-bond acceptors (Lipinski definition) is 14. The van der Waals surface area contributed by atoms with E-state index in [2.05, 4.69) is 15.3 Å². The van der Waals surface area contributed by atoms with E-state index in [0.29, 0.717) is 19.1 Å². The number of Topliss-reactive ketones (excluding diaryl/α,β-unsaturated/α-hetero) is 1. The zero-order valence-electron chi connectivity index (χ0n) is 35.9. The van der Waals surface area contributed by atoms with Gasteiger partial charge in [0.2, 0.25) is 0 Å². The highest BCUT2D eigenvalue weighted by molar-refractivity contribution is 6.23. The lowest BCUT2D eigenvalue weighted by Crippen LogP contribution is -2.47. The molecule has 5 bridgehead atoms. The number of aromatic hydroxyl groups is 3. The van der Waals surface area contributed by atoms with Crippen molar-refractivity contribution in [3.05, 3.63) is 52.8 Å². The molecule has 2 fully saturated rings. The zero-order chi connectivity index (χ0) is 43.8. The average Bonchev–Trinajstić information content (AvgIpc) is 3.87. The van der Waals surface area contributed by atoms with Crippen molar-refractivity contribution in [1.29, 1.82) is 0 Å². The molecule has 0 radical (unpaired) electrons. The fraction of sp³-hybridized carbons (Fsp3) is 0.578. The second-order valence-corrected chi connectivity index (χ2v) is 17.2. The van der Waals surface area contributed by atoms with E-state index < -0.39 is 82.8 Å². The van der Waals surface area contributed by atoms with E-state index >= 15 is 0 Å². The van der Waals surface area contributed by atoms with Crippen molar-refractivity contribution in [1.82, 2.24) is 9.91 Å². The maximum Gasteiger partial charge on any atom is 0.312 e. The van der Waals surface area contributed by atoms with Crippen molar-refractivity contribution in [2.75, 3.05) is 38.6 Å². The Morgan fingerprint density at radius 1 is 0.867 bits per heavy atom. The van der Waals surface area contributed by atoms with E-state index in [0.717, 1.165) is 13.1 Å². The van der Waals surface area contributed by atoms with Crippen LogP contribution in [0.15, 0.2) is 41.2 Å². The number of nitrogens with zero attached hydrogens (tertiary/aromatic N) is 3. The summed E-state index contributed by atoms with van der Waals surface area (Å²) in [6, 6.07) is 0.561. The molecular formula is C45H62N4O11. The van der Waals surface area contributed by atoms with Crippen molar-refractivity contribution in [3.8, 4) is 23.0 Å². The van der Waals surface area contributed by atoms with Gasteiger partial charge >= 0.3 is 5.79 Å². The molecule has 5 aliphatic rings. The van der Waals surface area contributed by atoms with Crippen molar-refractivity contribution in [3.63, 3.8) is 0 Å². The van der Waals surface area contributed by atoms with E-state index in [9.17, 15) is 40.2 Å². The fourth-order valence-electron chi connectivity index (χ4n) is 9.08. The van der Waals surface area contributed by atoms with E-state index in [1.54, 1.807) is 46.8 Å². The maximum atomic E-state index is 14.4. The van der Waals surface area contributed by atoms with E-state index in [4.69, 9.17) is 14.2 Å². The molecule has 2 aromatic rings. The first kappa shape index (κ1) is 44.9. The lowest BCUT2D eigenvalue weighted by atomic mass is 9.78.